The SMILES string of the molecule is CC(C)(C(=O)NC1CCC2Oc3ccc(Br)cc3C3(CSC(N)=N3)C2C1)C(F)(F)F. The van der Waals surface area contributed by atoms with Crippen molar-refractivity contribution in [2.75, 3.05) is 5.75 Å². The lowest BCUT2D eigenvalue weighted by Crippen LogP contribution is -2.56. The van der Waals surface area contributed by atoms with Crippen molar-refractivity contribution in [2.45, 2.75) is 57.0 Å². The van der Waals surface area contributed by atoms with Crippen molar-refractivity contribution in [3.8, 4) is 5.75 Å². The molecule has 10 heteroatoms. The molecule has 164 valence electrons. The van der Waals surface area contributed by atoms with Crippen LogP contribution in [0, 0.1) is 11.3 Å². The van der Waals surface area contributed by atoms with E-state index in [4.69, 9.17) is 15.5 Å². The number of carbonyl (C=O) groups is 1. The minimum Gasteiger partial charge on any atom is -0.490 e. The first-order valence-electron chi connectivity index (χ1n) is 9.76. The van der Waals surface area contributed by atoms with Crippen LogP contribution < -0.4 is 15.8 Å². The second kappa shape index (κ2) is 7.32. The van der Waals surface area contributed by atoms with Gasteiger partial charge in [-0.15, -0.1) is 0 Å². The Bertz CT molecular complexity index is 908. The zero-order chi connectivity index (χ0) is 21.9. The number of rotatable bonds is 2. The lowest BCUT2D eigenvalue weighted by atomic mass is 9.67. The molecule has 0 aromatic heterocycles. The number of amidine groups is 1. The van der Waals surface area contributed by atoms with Gasteiger partial charge in [0.15, 0.2) is 5.17 Å². The average molecular weight is 506 g/mol. The van der Waals surface area contributed by atoms with E-state index in [1.54, 1.807) is 0 Å². The van der Waals surface area contributed by atoms with Gasteiger partial charge >= 0.3 is 6.18 Å². The molecule has 4 unspecified atom stereocenters. The van der Waals surface area contributed by atoms with Crippen LogP contribution in [-0.4, -0.2) is 35.1 Å². The molecule has 30 heavy (non-hydrogen) atoms. The maximum atomic E-state index is 13.3. The molecule has 1 fully saturated rings. The maximum absolute atomic E-state index is 13.3. The molecule has 2 aliphatic heterocycles. The third-order valence-corrected chi connectivity index (χ3v) is 7.91. The largest absolute Gasteiger partial charge is 0.490 e. The Morgan fingerprint density at radius 3 is 2.73 bits per heavy atom. The fourth-order valence-electron chi connectivity index (χ4n) is 4.49. The highest BCUT2D eigenvalue weighted by Crippen LogP contribution is 2.54. The third kappa shape index (κ3) is 3.49. The van der Waals surface area contributed by atoms with Gasteiger partial charge in [-0.25, -0.2) is 4.99 Å². The van der Waals surface area contributed by atoms with Gasteiger partial charge < -0.3 is 15.8 Å². The van der Waals surface area contributed by atoms with Gasteiger partial charge in [0.1, 0.15) is 22.8 Å². The molecule has 0 bridgehead atoms. The zero-order valence-corrected chi connectivity index (χ0v) is 19.0. The highest BCUT2D eigenvalue weighted by Gasteiger charge is 2.56. The summed E-state index contributed by atoms with van der Waals surface area (Å²) in [7, 11) is 0. The monoisotopic (exact) mass is 505 g/mol. The summed E-state index contributed by atoms with van der Waals surface area (Å²) in [5, 5.41) is 3.13. The number of nitrogens with two attached hydrogens (primary N) is 1. The number of hydrogen-bond acceptors (Lipinski definition) is 5. The molecule has 1 aliphatic carbocycles. The van der Waals surface area contributed by atoms with Gasteiger partial charge in [0.2, 0.25) is 5.91 Å². The van der Waals surface area contributed by atoms with Gasteiger partial charge in [0.05, 0.1) is 0 Å². The summed E-state index contributed by atoms with van der Waals surface area (Å²) in [6, 6.07) is 5.42. The number of nitrogens with one attached hydrogen (secondary N) is 1. The number of amides is 1. The van der Waals surface area contributed by atoms with E-state index in [1.807, 2.05) is 18.2 Å². The third-order valence-electron chi connectivity index (χ3n) is 6.45. The number of thioether (sulfide) groups is 1. The van der Waals surface area contributed by atoms with Crippen LogP contribution in [0.5, 0.6) is 5.75 Å². The van der Waals surface area contributed by atoms with Gasteiger partial charge in [-0.05, 0) is 51.3 Å². The van der Waals surface area contributed by atoms with Crippen molar-refractivity contribution in [1.82, 2.24) is 5.32 Å². The molecule has 1 amide bonds. The Morgan fingerprint density at radius 1 is 1.37 bits per heavy atom. The summed E-state index contributed by atoms with van der Waals surface area (Å²) >= 11 is 4.97. The van der Waals surface area contributed by atoms with E-state index in [0.29, 0.717) is 30.2 Å². The number of fused-ring (bicyclic) bond motifs is 4. The van der Waals surface area contributed by atoms with Crippen LogP contribution in [0.1, 0.15) is 38.7 Å². The molecule has 1 spiro atoms. The molecule has 4 atom stereocenters. The van der Waals surface area contributed by atoms with Gasteiger partial charge in [0.25, 0.3) is 0 Å². The van der Waals surface area contributed by atoms with Crippen molar-refractivity contribution in [1.29, 1.82) is 0 Å². The summed E-state index contributed by atoms with van der Waals surface area (Å²) in [4.78, 5) is 17.2. The second-order valence-corrected chi connectivity index (χ2v) is 10.6. The van der Waals surface area contributed by atoms with Crippen LogP contribution >= 0.6 is 27.7 Å². The molecule has 0 radical (unpaired) electrons. The van der Waals surface area contributed by atoms with Crippen LogP contribution in [0.2, 0.25) is 0 Å². The fraction of sp³-hybridized carbons (Fsp3) is 0.600. The van der Waals surface area contributed by atoms with Gasteiger partial charge in [-0.3, -0.25) is 4.79 Å². The Kier molecular flexibility index (Phi) is 5.32. The Labute approximate surface area is 185 Å². The maximum Gasteiger partial charge on any atom is 0.402 e. The number of hydrogen-bond donors (Lipinski definition) is 2. The smallest absolute Gasteiger partial charge is 0.402 e. The van der Waals surface area contributed by atoms with E-state index in [1.165, 1.54) is 11.8 Å². The van der Waals surface area contributed by atoms with Crippen LogP contribution in [0.15, 0.2) is 27.7 Å². The van der Waals surface area contributed by atoms with Gasteiger partial charge in [-0.2, -0.15) is 13.2 Å². The summed E-state index contributed by atoms with van der Waals surface area (Å²) in [6.45, 7) is 1.82. The highest BCUT2D eigenvalue weighted by molar-refractivity contribution is 9.10. The molecule has 3 N–H and O–H groups in total. The Hall–Kier alpha value is -1.42. The summed E-state index contributed by atoms with van der Waals surface area (Å²) in [5.41, 5.74) is 3.91. The number of ether oxygens (including phenoxy) is 1. The van der Waals surface area contributed by atoms with Crippen molar-refractivity contribution < 1.29 is 22.7 Å². The van der Waals surface area contributed by atoms with Crippen molar-refractivity contribution in [2.24, 2.45) is 22.1 Å². The fourth-order valence-corrected chi connectivity index (χ4v) is 5.88. The summed E-state index contributed by atoms with van der Waals surface area (Å²) < 4.78 is 47.0. The van der Waals surface area contributed by atoms with E-state index in [9.17, 15) is 18.0 Å². The molecule has 1 aromatic rings. The van der Waals surface area contributed by atoms with E-state index in [2.05, 4.69) is 21.2 Å². The first-order valence-corrected chi connectivity index (χ1v) is 11.5. The van der Waals surface area contributed by atoms with Crippen molar-refractivity contribution in [3.05, 3.63) is 28.2 Å². The topological polar surface area (TPSA) is 76.7 Å². The molecule has 1 saturated carbocycles. The van der Waals surface area contributed by atoms with Crippen LogP contribution in [0.4, 0.5) is 13.2 Å². The van der Waals surface area contributed by atoms with E-state index in [0.717, 1.165) is 29.6 Å². The van der Waals surface area contributed by atoms with E-state index < -0.39 is 23.0 Å². The first kappa shape index (κ1) is 21.8. The quantitative estimate of drug-likeness (QED) is 0.626. The average Bonchev–Trinajstić information content (AvgIpc) is 3.05. The summed E-state index contributed by atoms with van der Waals surface area (Å²) in [5.74, 6) is 0.304. The molecule has 5 nitrogen and oxygen atoms in total. The molecule has 0 saturated heterocycles. The number of carbonyl (C=O) groups excluding carboxylic acids is 1. The molecule has 3 aliphatic rings. The number of alkyl halides is 3. The van der Waals surface area contributed by atoms with Crippen LogP contribution in [0.3, 0.4) is 0 Å². The second-order valence-electron chi connectivity index (χ2n) is 8.67. The Balaban J connectivity index is 1.63. The molecule has 1 aromatic carbocycles. The minimum atomic E-state index is -4.62. The van der Waals surface area contributed by atoms with Crippen molar-refractivity contribution in [3.63, 3.8) is 0 Å². The van der Waals surface area contributed by atoms with Crippen LogP contribution in [-0.2, 0) is 10.3 Å². The zero-order valence-electron chi connectivity index (χ0n) is 16.6. The standard InChI is InChI=1S/C20H23BrF3N3O2S/c1-18(2,20(22,23)24)16(28)26-11-4-6-15-13(8-11)19(9-30-17(25)27-19)12-7-10(21)3-5-14(12)29-15/h3,5,7,11,13,15H,4,6,8-9H2,1-2H3,(H2,25,27)(H,26,28). The first-order chi connectivity index (χ1) is 13.9. The van der Waals surface area contributed by atoms with E-state index >= 15 is 0 Å². The minimum absolute atomic E-state index is 0.0964. The number of aliphatic imine (C=N–C) groups is 1. The predicted octanol–water partition coefficient (Wildman–Crippen LogP) is 4.34. The number of benzene rings is 1. The molecule has 2 heterocycles. The van der Waals surface area contributed by atoms with E-state index in [-0.39, 0.29) is 18.1 Å². The van der Waals surface area contributed by atoms with Crippen molar-refractivity contribution >= 4 is 38.8 Å². The number of nitrogens with zero attached hydrogens (tertiary/aromatic N) is 1. The van der Waals surface area contributed by atoms with Crippen LogP contribution in [0.25, 0.3) is 0 Å². The molecular weight excluding hydrogens is 483 g/mol. The lowest BCUT2D eigenvalue weighted by molar-refractivity contribution is -0.212. The predicted molar refractivity (Wildman–Crippen MR) is 113 cm³/mol. The normalized spacial score (nSPS) is 30.9. The number of halogens is 4. The summed E-state index contributed by atoms with van der Waals surface area (Å²) in [6.07, 6.45) is -3.09. The Morgan fingerprint density at radius 2 is 2.10 bits per heavy atom. The van der Waals surface area contributed by atoms with Gasteiger partial charge in [0, 0.05) is 27.7 Å². The highest BCUT2D eigenvalue weighted by atomic mass is 79.9. The molecule has 4 rings (SSSR count). The lowest BCUT2D eigenvalue weighted by Gasteiger charge is -2.49. The van der Waals surface area contributed by atoms with Gasteiger partial charge in [-0.1, -0.05) is 27.7 Å². The molecular formula is C20H23BrF3N3O2S.